The number of amides is 1. The summed E-state index contributed by atoms with van der Waals surface area (Å²) in [4.78, 5) is 11.2. The van der Waals surface area contributed by atoms with Crippen LogP contribution < -0.4 is 10.9 Å². The lowest BCUT2D eigenvalue weighted by Crippen LogP contribution is -2.42. The first-order valence-corrected chi connectivity index (χ1v) is 3.71. The second kappa shape index (κ2) is 4.48. The Morgan fingerprint density at radius 1 is 1.62 bits per heavy atom. The van der Waals surface area contributed by atoms with Gasteiger partial charge in [-0.25, -0.2) is 5.43 Å². The summed E-state index contributed by atoms with van der Waals surface area (Å²) in [7, 11) is 0. The molecule has 1 amide bonds. The van der Waals surface area contributed by atoms with Crippen LogP contribution in [0.4, 0.5) is 0 Å². The highest BCUT2D eigenvalue weighted by Crippen LogP contribution is 1.91. The van der Waals surface area contributed by atoms with Gasteiger partial charge in [0, 0.05) is 0 Å². The molecule has 0 aromatic carbocycles. The van der Waals surface area contributed by atoms with Crippen LogP contribution >= 0.6 is 0 Å². The van der Waals surface area contributed by atoms with E-state index in [1.165, 1.54) is 25.4 Å². The third kappa shape index (κ3) is 3.14. The van der Waals surface area contributed by atoms with Crippen LogP contribution in [-0.2, 0) is 0 Å². The number of aliphatic hydroxyl groups is 1. The third-order valence-corrected chi connectivity index (χ3v) is 1.24. The van der Waals surface area contributed by atoms with Gasteiger partial charge in [0.25, 0.3) is 5.91 Å². The molecule has 3 N–H and O–H groups in total. The highest BCUT2D eigenvalue weighted by molar-refractivity contribution is 5.93. The molecule has 6 heteroatoms. The Morgan fingerprint density at radius 3 is 2.92 bits per heavy atom. The number of nitrogens with zero attached hydrogens (tertiary/aromatic N) is 2. The largest absolute Gasteiger partial charge is 0.377 e. The van der Waals surface area contributed by atoms with Crippen LogP contribution in [0.25, 0.3) is 0 Å². The van der Waals surface area contributed by atoms with Gasteiger partial charge in [-0.1, -0.05) is 0 Å². The molecule has 70 valence electrons. The molecule has 0 aliphatic carbocycles. The van der Waals surface area contributed by atoms with Crippen molar-refractivity contribution in [3.05, 3.63) is 24.0 Å². The van der Waals surface area contributed by atoms with Gasteiger partial charge in [-0.3, -0.25) is 10.2 Å². The Hall–Kier alpha value is -1.53. The zero-order valence-electron chi connectivity index (χ0n) is 7.06. The van der Waals surface area contributed by atoms with Crippen molar-refractivity contribution in [1.82, 2.24) is 21.0 Å². The van der Waals surface area contributed by atoms with Gasteiger partial charge in [0.15, 0.2) is 0 Å². The van der Waals surface area contributed by atoms with Gasteiger partial charge < -0.3 is 5.11 Å². The Labute approximate surface area is 75.0 Å². The molecule has 0 spiro atoms. The summed E-state index contributed by atoms with van der Waals surface area (Å²) in [6.07, 6.45) is 1.95. The summed E-state index contributed by atoms with van der Waals surface area (Å²) in [6, 6.07) is 1.52. The molecule has 1 atom stereocenters. The second-order valence-corrected chi connectivity index (χ2v) is 2.41. The molecule has 0 saturated carbocycles. The van der Waals surface area contributed by atoms with E-state index in [1.54, 1.807) is 0 Å². The van der Waals surface area contributed by atoms with Crippen molar-refractivity contribution in [2.75, 3.05) is 0 Å². The molecule has 1 aromatic rings. The summed E-state index contributed by atoms with van der Waals surface area (Å²) in [5.41, 5.74) is 5.02. The normalized spacial score (nSPS) is 12.2. The zero-order chi connectivity index (χ0) is 9.68. The van der Waals surface area contributed by atoms with Crippen molar-refractivity contribution in [2.45, 2.75) is 13.2 Å². The van der Waals surface area contributed by atoms with Crippen molar-refractivity contribution in [3.8, 4) is 0 Å². The summed E-state index contributed by atoms with van der Waals surface area (Å²) in [5, 5.41) is 15.8. The van der Waals surface area contributed by atoms with Crippen LogP contribution in [0.5, 0.6) is 0 Å². The second-order valence-electron chi connectivity index (χ2n) is 2.41. The number of hydrogen-bond acceptors (Lipinski definition) is 5. The van der Waals surface area contributed by atoms with E-state index >= 15 is 0 Å². The molecular weight excluding hydrogens is 172 g/mol. The van der Waals surface area contributed by atoms with Crippen LogP contribution in [0.15, 0.2) is 18.5 Å². The fourth-order valence-corrected chi connectivity index (χ4v) is 0.667. The molecule has 1 aromatic heterocycles. The first kappa shape index (κ1) is 9.56. The van der Waals surface area contributed by atoms with Crippen molar-refractivity contribution in [1.29, 1.82) is 0 Å². The molecule has 0 saturated heterocycles. The summed E-state index contributed by atoms with van der Waals surface area (Å²) < 4.78 is 0. The van der Waals surface area contributed by atoms with Crippen molar-refractivity contribution in [2.24, 2.45) is 0 Å². The van der Waals surface area contributed by atoms with Crippen molar-refractivity contribution >= 4 is 5.91 Å². The van der Waals surface area contributed by atoms with E-state index in [0.717, 1.165) is 0 Å². The number of nitrogens with one attached hydrogen (secondary N) is 2. The maximum absolute atomic E-state index is 11.2. The Bertz CT molecular complexity index is 275. The highest BCUT2D eigenvalue weighted by Gasteiger charge is 2.04. The molecule has 0 fully saturated rings. The lowest BCUT2D eigenvalue weighted by atomic mass is 10.3. The number of rotatable bonds is 3. The lowest BCUT2D eigenvalue weighted by Gasteiger charge is -2.08. The van der Waals surface area contributed by atoms with Gasteiger partial charge in [-0.2, -0.15) is 10.2 Å². The highest BCUT2D eigenvalue weighted by atomic mass is 16.3. The first-order valence-electron chi connectivity index (χ1n) is 3.71. The first-order chi connectivity index (χ1) is 6.20. The van der Waals surface area contributed by atoms with Crippen LogP contribution in [0.1, 0.15) is 17.3 Å². The van der Waals surface area contributed by atoms with Crippen LogP contribution in [-0.4, -0.2) is 27.4 Å². The minimum absolute atomic E-state index is 0.365. The Morgan fingerprint density at radius 2 is 2.38 bits per heavy atom. The molecule has 13 heavy (non-hydrogen) atoms. The topological polar surface area (TPSA) is 87.1 Å². The molecule has 1 rings (SSSR count). The van der Waals surface area contributed by atoms with Gasteiger partial charge in [-0.15, -0.1) is 0 Å². The van der Waals surface area contributed by atoms with E-state index in [1.807, 2.05) is 0 Å². The van der Waals surface area contributed by atoms with E-state index in [9.17, 15) is 4.79 Å². The molecular formula is C7H10N4O2. The van der Waals surface area contributed by atoms with Crippen molar-refractivity contribution in [3.63, 3.8) is 0 Å². The maximum Gasteiger partial charge on any atom is 0.267 e. The Balaban J connectivity index is 2.50. The van der Waals surface area contributed by atoms with Crippen molar-refractivity contribution < 1.29 is 9.90 Å². The zero-order valence-corrected chi connectivity index (χ0v) is 7.06. The summed E-state index contributed by atoms with van der Waals surface area (Å²) >= 11 is 0. The Kier molecular flexibility index (Phi) is 3.30. The van der Waals surface area contributed by atoms with E-state index in [-0.39, 0.29) is 5.91 Å². The van der Waals surface area contributed by atoms with E-state index < -0.39 is 6.23 Å². The number of hydrazine groups is 1. The molecule has 6 nitrogen and oxygen atoms in total. The summed E-state index contributed by atoms with van der Waals surface area (Å²) in [6.45, 7) is 1.49. The number of hydrogen-bond donors (Lipinski definition) is 3. The average molecular weight is 182 g/mol. The monoisotopic (exact) mass is 182 g/mol. The van der Waals surface area contributed by atoms with Gasteiger partial charge in [0.1, 0.15) is 6.23 Å². The average Bonchev–Trinajstić information content (AvgIpc) is 2.15. The van der Waals surface area contributed by atoms with Crippen LogP contribution in [0.2, 0.25) is 0 Å². The minimum Gasteiger partial charge on any atom is -0.377 e. The molecule has 0 aliphatic heterocycles. The molecule has 1 heterocycles. The molecule has 0 aliphatic rings. The SMILES string of the molecule is CC(O)NNC(=O)c1ccnnc1. The maximum atomic E-state index is 11.2. The molecule has 0 bridgehead atoms. The van der Waals surface area contributed by atoms with E-state index in [4.69, 9.17) is 5.11 Å². The van der Waals surface area contributed by atoms with E-state index in [0.29, 0.717) is 5.56 Å². The molecule has 1 unspecified atom stereocenters. The smallest absolute Gasteiger partial charge is 0.267 e. The number of carbonyl (C=O) groups excluding carboxylic acids is 1. The lowest BCUT2D eigenvalue weighted by molar-refractivity contribution is 0.0837. The summed E-state index contributed by atoms with van der Waals surface area (Å²) in [5.74, 6) is -0.365. The predicted octanol–water partition coefficient (Wildman–Crippen LogP) is -0.951. The van der Waals surface area contributed by atoms with Gasteiger partial charge >= 0.3 is 0 Å². The van der Waals surface area contributed by atoms with E-state index in [2.05, 4.69) is 21.0 Å². The van der Waals surface area contributed by atoms with Crippen LogP contribution in [0.3, 0.4) is 0 Å². The minimum atomic E-state index is -0.793. The number of aromatic nitrogens is 2. The number of aliphatic hydroxyl groups excluding tert-OH is 1. The third-order valence-electron chi connectivity index (χ3n) is 1.24. The number of carbonyl (C=O) groups is 1. The van der Waals surface area contributed by atoms with Gasteiger partial charge in [-0.05, 0) is 13.0 Å². The van der Waals surface area contributed by atoms with Gasteiger partial charge in [0.2, 0.25) is 0 Å². The quantitative estimate of drug-likeness (QED) is 0.414. The standard InChI is InChI=1S/C7H10N4O2/c1-5(12)10-11-7(13)6-2-3-8-9-4-6/h2-5,10,12H,1H3,(H,11,13). The molecule has 0 radical (unpaired) electrons. The van der Waals surface area contributed by atoms with Gasteiger partial charge in [0.05, 0.1) is 18.0 Å². The van der Waals surface area contributed by atoms with Crippen LogP contribution in [0, 0.1) is 0 Å². The fourth-order valence-electron chi connectivity index (χ4n) is 0.667. The predicted molar refractivity (Wildman–Crippen MR) is 44.3 cm³/mol. The fraction of sp³-hybridized carbons (Fsp3) is 0.286.